The van der Waals surface area contributed by atoms with Crippen LogP contribution in [0.2, 0.25) is 0 Å². The van der Waals surface area contributed by atoms with Crippen LogP contribution in [0.4, 0.5) is 0 Å². The van der Waals surface area contributed by atoms with E-state index in [2.05, 4.69) is 6.92 Å². The van der Waals surface area contributed by atoms with Crippen molar-refractivity contribution in [3.05, 3.63) is 111 Å². The number of rotatable bonds is 6. The SMILES string of the molecule is CCCOc1cccc([C@@H]2c3c(oc4cc(C)c(C)cc4c3=O)C(=O)N2Cc2ccccc2)c1. The van der Waals surface area contributed by atoms with Crippen molar-refractivity contribution in [1.29, 1.82) is 0 Å². The molecule has 34 heavy (non-hydrogen) atoms. The lowest BCUT2D eigenvalue weighted by molar-refractivity contribution is 0.0714. The van der Waals surface area contributed by atoms with E-state index in [4.69, 9.17) is 9.15 Å². The molecule has 5 heteroatoms. The number of carbonyl (C=O) groups is 1. The number of hydrogen-bond acceptors (Lipinski definition) is 4. The summed E-state index contributed by atoms with van der Waals surface area (Å²) in [6.45, 7) is 6.96. The Bertz CT molecular complexity index is 1440. The number of aryl methyl sites for hydroxylation is 2. The van der Waals surface area contributed by atoms with Gasteiger partial charge in [0, 0.05) is 6.54 Å². The van der Waals surface area contributed by atoms with Gasteiger partial charge in [0.15, 0.2) is 5.43 Å². The van der Waals surface area contributed by atoms with Gasteiger partial charge in [0.2, 0.25) is 5.76 Å². The van der Waals surface area contributed by atoms with Crippen LogP contribution in [0, 0.1) is 13.8 Å². The second-order valence-electron chi connectivity index (χ2n) is 8.85. The Morgan fingerprint density at radius 3 is 2.47 bits per heavy atom. The van der Waals surface area contributed by atoms with Crippen LogP contribution < -0.4 is 10.2 Å². The summed E-state index contributed by atoms with van der Waals surface area (Å²) < 4.78 is 12.0. The first-order valence-electron chi connectivity index (χ1n) is 11.6. The number of carbonyl (C=O) groups excluding carboxylic acids is 1. The van der Waals surface area contributed by atoms with Crippen LogP contribution in [0.1, 0.15) is 57.8 Å². The summed E-state index contributed by atoms with van der Waals surface area (Å²) in [6.07, 6.45) is 0.892. The predicted octanol–water partition coefficient (Wildman–Crippen LogP) is 5.94. The predicted molar refractivity (Wildman–Crippen MR) is 132 cm³/mol. The first-order chi connectivity index (χ1) is 16.5. The van der Waals surface area contributed by atoms with E-state index in [1.54, 1.807) is 4.90 Å². The molecule has 1 atom stereocenters. The van der Waals surface area contributed by atoms with Crippen LogP contribution in [-0.2, 0) is 6.54 Å². The number of fused-ring (bicyclic) bond motifs is 2. The second-order valence-corrected chi connectivity index (χ2v) is 8.85. The highest BCUT2D eigenvalue weighted by Gasteiger charge is 2.42. The van der Waals surface area contributed by atoms with E-state index in [1.165, 1.54) is 0 Å². The van der Waals surface area contributed by atoms with Gasteiger partial charge in [0.1, 0.15) is 11.3 Å². The Morgan fingerprint density at radius 2 is 1.71 bits per heavy atom. The zero-order valence-electron chi connectivity index (χ0n) is 19.6. The minimum Gasteiger partial charge on any atom is -0.494 e. The molecule has 2 heterocycles. The molecule has 1 aliphatic heterocycles. The molecule has 0 aliphatic carbocycles. The van der Waals surface area contributed by atoms with E-state index >= 15 is 0 Å². The molecular formula is C29H27NO4. The molecule has 172 valence electrons. The summed E-state index contributed by atoms with van der Waals surface area (Å²) in [6, 6.07) is 20.6. The monoisotopic (exact) mass is 453 g/mol. The smallest absolute Gasteiger partial charge is 0.291 e. The quantitative estimate of drug-likeness (QED) is 0.362. The van der Waals surface area contributed by atoms with Gasteiger partial charge in [-0.1, -0.05) is 49.4 Å². The topological polar surface area (TPSA) is 59.8 Å². The molecule has 0 spiro atoms. The third kappa shape index (κ3) is 3.77. The van der Waals surface area contributed by atoms with Crippen molar-refractivity contribution in [3.63, 3.8) is 0 Å². The molecule has 0 bridgehead atoms. The largest absolute Gasteiger partial charge is 0.494 e. The van der Waals surface area contributed by atoms with Crippen LogP contribution in [0.3, 0.4) is 0 Å². The second kappa shape index (κ2) is 8.82. The van der Waals surface area contributed by atoms with E-state index in [-0.39, 0.29) is 17.1 Å². The van der Waals surface area contributed by atoms with Crippen LogP contribution in [0.25, 0.3) is 11.0 Å². The van der Waals surface area contributed by atoms with Crippen molar-refractivity contribution in [2.24, 2.45) is 0 Å². The Hall–Kier alpha value is -3.86. The minimum absolute atomic E-state index is 0.126. The molecule has 0 saturated heterocycles. The van der Waals surface area contributed by atoms with Crippen molar-refractivity contribution in [3.8, 4) is 5.75 Å². The van der Waals surface area contributed by atoms with Gasteiger partial charge < -0.3 is 14.1 Å². The zero-order valence-corrected chi connectivity index (χ0v) is 19.6. The van der Waals surface area contributed by atoms with Gasteiger partial charge in [-0.05, 0) is 66.8 Å². The maximum absolute atomic E-state index is 13.8. The molecule has 5 rings (SSSR count). The first-order valence-corrected chi connectivity index (χ1v) is 11.6. The maximum Gasteiger partial charge on any atom is 0.291 e. The average molecular weight is 454 g/mol. The van der Waals surface area contributed by atoms with E-state index in [0.717, 1.165) is 34.4 Å². The molecule has 0 saturated carbocycles. The maximum atomic E-state index is 13.8. The fraction of sp³-hybridized carbons (Fsp3) is 0.241. The summed E-state index contributed by atoms with van der Waals surface area (Å²) in [4.78, 5) is 29.2. The molecule has 5 nitrogen and oxygen atoms in total. The lowest BCUT2D eigenvalue weighted by Gasteiger charge is -2.25. The summed E-state index contributed by atoms with van der Waals surface area (Å²) in [5, 5.41) is 0.500. The summed E-state index contributed by atoms with van der Waals surface area (Å²) >= 11 is 0. The van der Waals surface area contributed by atoms with Gasteiger partial charge in [0.05, 0.1) is 23.6 Å². The standard InChI is InChI=1S/C29H27NO4/c1-4-13-33-22-12-8-11-21(16-22)26-25-27(31)23-14-18(2)19(3)15-24(23)34-28(25)29(32)30(26)17-20-9-6-5-7-10-20/h5-12,14-16,26H,4,13,17H2,1-3H3/t26-/m1/s1. The molecule has 0 fully saturated rings. The number of hydrogen-bond donors (Lipinski definition) is 0. The molecule has 4 aromatic rings. The van der Waals surface area contributed by atoms with Crippen molar-refractivity contribution >= 4 is 16.9 Å². The fourth-order valence-electron chi connectivity index (χ4n) is 4.56. The lowest BCUT2D eigenvalue weighted by Crippen LogP contribution is -2.29. The molecule has 1 aliphatic rings. The fourth-order valence-corrected chi connectivity index (χ4v) is 4.56. The molecule has 1 aromatic heterocycles. The molecule has 1 amide bonds. The van der Waals surface area contributed by atoms with Gasteiger partial charge >= 0.3 is 0 Å². The van der Waals surface area contributed by atoms with E-state index in [0.29, 0.717) is 29.7 Å². The van der Waals surface area contributed by atoms with Crippen molar-refractivity contribution in [1.82, 2.24) is 4.90 Å². The van der Waals surface area contributed by atoms with Gasteiger partial charge in [-0.3, -0.25) is 9.59 Å². The molecule has 0 N–H and O–H groups in total. The van der Waals surface area contributed by atoms with E-state index < -0.39 is 6.04 Å². The third-order valence-corrected chi connectivity index (χ3v) is 6.42. The Morgan fingerprint density at radius 1 is 0.941 bits per heavy atom. The highest BCUT2D eigenvalue weighted by Crippen LogP contribution is 2.40. The zero-order chi connectivity index (χ0) is 23.8. The Labute approximate surface area is 198 Å². The number of nitrogens with zero attached hydrogens (tertiary/aromatic N) is 1. The average Bonchev–Trinajstić information content (AvgIpc) is 3.11. The van der Waals surface area contributed by atoms with Gasteiger partial charge in [-0.25, -0.2) is 0 Å². The summed E-state index contributed by atoms with van der Waals surface area (Å²) in [7, 11) is 0. The lowest BCUT2D eigenvalue weighted by atomic mass is 9.97. The van der Waals surface area contributed by atoms with Crippen molar-refractivity contribution < 1.29 is 13.9 Å². The number of ether oxygens (including phenoxy) is 1. The minimum atomic E-state index is -0.560. The van der Waals surface area contributed by atoms with Crippen LogP contribution in [0.15, 0.2) is 75.9 Å². The first kappa shape index (κ1) is 22.0. The number of benzene rings is 3. The Balaban J connectivity index is 1.71. The Kier molecular flexibility index (Phi) is 5.70. The van der Waals surface area contributed by atoms with Gasteiger partial charge in [0.25, 0.3) is 5.91 Å². The van der Waals surface area contributed by atoms with Gasteiger partial charge in [-0.2, -0.15) is 0 Å². The highest BCUT2D eigenvalue weighted by atomic mass is 16.5. The molecule has 0 radical (unpaired) electrons. The molecular weight excluding hydrogens is 426 g/mol. The normalized spacial score (nSPS) is 15.1. The molecule has 3 aromatic carbocycles. The van der Waals surface area contributed by atoms with Gasteiger partial charge in [-0.15, -0.1) is 0 Å². The van der Waals surface area contributed by atoms with E-state index in [9.17, 15) is 9.59 Å². The third-order valence-electron chi connectivity index (χ3n) is 6.42. The summed E-state index contributed by atoms with van der Waals surface area (Å²) in [5.41, 5.74) is 4.51. The van der Waals surface area contributed by atoms with Crippen molar-refractivity contribution in [2.45, 2.75) is 39.8 Å². The van der Waals surface area contributed by atoms with Crippen molar-refractivity contribution in [2.75, 3.05) is 6.61 Å². The van der Waals surface area contributed by atoms with Crippen LogP contribution in [-0.4, -0.2) is 17.4 Å². The van der Waals surface area contributed by atoms with Crippen LogP contribution in [0.5, 0.6) is 5.75 Å². The summed E-state index contributed by atoms with van der Waals surface area (Å²) in [5.74, 6) is 0.569. The number of amides is 1. The van der Waals surface area contributed by atoms with Crippen LogP contribution >= 0.6 is 0 Å². The highest BCUT2D eigenvalue weighted by molar-refractivity contribution is 5.99. The molecule has 0 unspecified atom stereocenters. The van der Waals surface area contributed by atoms with E-state index in [1.807, 2.05) is 80.6 Å².